The third-order valence-corrected chi connectivity index (χ3v) is 16.6. The van der Waals surface area contributed by atoms with Gasteiger partial charge in [-0.25, -0.2) is 0 Å². The second-order valence-electron chi connectivity index (χ2n) is 18.6. The molecule has 5 rings (SSSR count). The molecule has 0 heterocycles. The topological polar surface area (TPSA) is 40.2 Å². The molecule has 5 aromatic carbocycles. The molecule has 0 bridgehead atoms. The van der Waals surface area contributed by atoms with Crippen molar-refractivity contribution in [2.24, 2.45) is 0 Å². The van der Waals surface area contributed by atoms with E-state index in [-0.39, 0.29) is 11.8 Å². The molecule has 0 saturated carbocycles. The Morgan fingerprint density at radius 1 is 0.446 bits per heavy atom. The molecule has 5 aromatic rings. The molecule has 0 spiro atoms. The van der Waals surface area contributed by atoms with E-state index < -0.39 is 47.4 Å². The predicted octanol–water partition coefficient (Wildman–Crippen LogP) is 12.4. The molecule has 7 heteroatoms. The second kappa shape index (κ2) is 17.6. The summed E-state index contributed by atoms with van der Waals surface area (Å²) in [6, 6.07) is 48.2. The Morgan fingerprint density at radius 2 is 0.732 bits per heavy atom. The number of benzene rings is 5. The fourth-order valence-corrected chi connectivity index (χ4v) is 13.7. The first-order valence-electron chi connectivity index (χ1n) is 19.8. The van der Waals surface area contributed by atoms with Crippen molar-refractivity contribution in [2.75, 3.05) is 3.52 Å². The number of nitrogens with zero attached hydrogens (tertiary/aromatic N) is 1. The number of aryl methyl sites for hydroxylation is 1. The van der Waals surface area contributed by atoms with Gasteiger partial charge >= 0.3 is 348 Å². The van der Waals surface area contributed by atoms with Gasteiger partial charge in [0.15, 0.2) is 0 Å². The fraction of sp³-hybridized carbons (Fsp3) is 0.388. The van der Waals surface area contributed by atoms with E-state index in [1.807, 2.05) is 0 Å². The summed E-state index contributed by atoms with van der Waals surface area (Å²) in [5, 5.41) is 0. The van der Waals surface area contributed by atoms with Crippen LogP contribution in [-0.4, -0.2) is 47.4 Å². The van der Waals surface area contributed by atoms with Gasteiger partial charge in [0.25, 0.3) is 0 Å². The van der Waals surface area contributed by atoms with Crippen LogP contribution in [0.1, 0.15) is 134 Å². The molecule has 0 saturated heterocycles. The van der Waals surface area contributed by atoms with Crippen LogP contribution in [0.4, 0.5) is 5.69 Å². The first-order chi connectivity index (χ1) is 26.1. The Balaban J connectivity index is 2.05. The monoisotopic (exact) mass is 831 g/mol. The zero-order valence-corrected chi connectivity index (χ0v) is 39.0. The molecule has 5 nitrogen and oxygen atoms in total. The van der Waals surface area contributed by atoms with Crippen molar-refractivity contribution in [2.45, 2.75) is 124 Å². The van der Waals surface area contributed by atoms with Crippen molar-refractivity contribution in [1.29, 1.82) is 0 Å². The van der Waals surface area contributed by atoms with Crippen LogP contribution in [0.2, 0.25) is 0 Å². The molecule has 0 aliphatic heterocycles. The molecule has 2 radical (unpaired) electrons. The SMILES string of the molecule is Cc1cc(C(c2ccccc2)c2ccccc2)c([N]([Ge][O]C(C)(C)C)[Si](OC(C)(C)C)(OC(C)(C)C)OC(C)(C)C)c(C(c2ccccc2)c2ccccc2)c1. The number of anilines is 1. The maximum atomic E-state index is 7.45. The van der Waals surface area contributed by atoms with Crippen LogP contribution in [0.5, 0.6) is 0 Å². The second-order valence-corrected chi connectivity index (χ2v) is 23.4. The van der Waals surface area contributed by atoms with Crippen molar-refractivity contribution in [3.05, 3.63) is 172 Å². The summed E-state index contributed by atoms with van der Waals surface area (Å²) in [5.74, 6) is -0.264. The van der Waals surface area contributed by atoms with E-state index in [0.29, 0.717) is 0 Å². The molecule has 0 aliphatic carbocycles. The third kappa shape index (κ3) is 11.8. The van der Waals surface area contributed by atoms with Gasteiger partial charge in [0.2, 0.25) is 0 Å². The minimum atomic E-state index is -3.98. The molecule has 296 valence electrons. The van der Waals surface area contributed by atoms with Gasteiger partial charge < -0.3 is 0 Å². The van der Waals surface area contributed by atoms with Crippen molar-refractivity contribution in [1.82, 2.24) is 0 Å². The van der Waals surface area contributed by atoms with E-state index in [4.69, 9.17) is 17.0 Å². The maximum absolute atomic E-state index is 7.45. The van der Waals surface area contributed by atoms with Gasteiger partial charge in [-0.15, -0.1) is 0 Å². The van der Waals surface area contributed by atoms with Crippen LogP contribution in [-0.2, 0) is 17.0 Å². The van der Waals surface area contributed by atoms with E-state index in [2.05, 4.69) is 227 Å². The van der Waals surface area contributed by atoms with Crippen LogP contribution < -0.4 is 3.52 Å². The molecule has 0 fully saturated rings. The predicted molar refractivity (Wildman–Crippen MR) is 236 cm³/mol. The van der Waals surface area contributed by atoms with E-state index >= 15 is 0 Å². The summed E-state index contributed by atoms with van der Waals surface area (Å²) in [6.45, 7) is 27.5. The zero-order chi connectivity index (χ0) is 40.9. The number of hydrogen-bond donors (Lipinski definition) is 0. The van der Waals surface area contributed by atoms with E-state index in [1.165, 1.54) is 27.8 Å². The summed E-state index contributed by atoms with van der Waals surface area (Å²) in [5.41, 5.74) is 6.97. The summed E-state index contributed by atoms with van der Waals surface area (Å²) >= 11 is -1.52. The van der Waals surface area contributed by atoms with Gasteiger partial charge in [0.1, 0.15) is 0 Å². The van der Waals surface area contributed by atoms with Crippen molar-refractivity contribution < 1.29 is 17.0 Å². The average Bonchev–Trinajstić information content (AvgIpc) is 3.08. The molecule has 0 amide bonds. The summed E-state index contributed by atoms with van der Waals surface area (Å²) in [6.07, 6.45) is 0. The van der Waals surface area contributed by atoms with Gasteiger partial charge in [-0.1, -0.05) is 0 Å². The van der Waals surface area contributed by atoms with Crippen LogP contribution >= 0.6 is 0 Å². The van der Waals surface area contributed by atoms with Crippen molar-refractivity contribution in [3.8, 4) is 0 Å². The first-order valence-corrected chi connectivity index (χ1v) is 23.3. The molecule has 56 heavy (non-hydrogen) atoms. The Hall–Kier alpha value is -3.50. The Kier molecular flexibility index (Phi) is 13.7. The first kappa shape index (κ1) is 43.6. The Labute approximate surface area is 346 Å². The van der Waals surface area contributed by atoms with E-state index in [0.717, 1.165) is 16.8 Å². The Morgan fingerprint density at radius 3 is 0.982 bits per heavy atom. The van der Waals surface area contributed by atoms with Crippen LogP contribution in [0.25, 0.3) is 0 Å². The molecule has 0 unspecified atom stereocenters. The zero-order valence-electron chi connectivity index (χ0n) is 35.9. The van der Waals surface area contributed by atoms with Crippen LogP contribution in [0.3, 0.4) is 0 Å². The Bertz CT molecular complexity index is 1760. The fourth-order valence-electron chi connectivity index (χ4n) is 7.00. The molecular weight excluding hydrogens is 767 g/mol. The molecular formula is C49H63GeNO4Si. The molecule has 0 aromatic heterocycles. The molecule has 0 N–H and O–H groups in total. The quantitative estimate of drug-likeness (QED) is 0.0873. The normalized spacial score (nSPS) is 13.1. The van der Waals surface area contributed by atoms with Crippen molar-refractivity contribution >= 4 is 30.6 Å². The van der Waals surface area contributed by atoms with Crippen LogP contribution in [0, 0.1) is 6.92 Å². The average molecular weight is 831 g/mol. The van der Waals surface area contributed by atoms with E-state index in [9.17, 15) is 0 Å². The summed E-state index contributed by atoms with van der Waals surface area (Å²) in [7, 11) is -3.98. The standard InChI is InChI=1S/C49H63GeNO4Si/c1-36-34-41(43(37-26-18-14-19-27-37)38-28-20-15-21-29-38)45(42(35-36)44(39-30-22-16-23-31-39)40-32-24-17-25-33-40)51(50-52-46(2,3)4)56(53-47(5,6)7,54-48(8,9)10)55-49(11,12)13/h14-35,43-44H,1-13H3. The number of rotatable bonds is 13. The molecule has 0 atom stereocenters. The van der Waals surface area contributed by atoms with Gasteiger partial charge in [-0.3, -0.25) is 0 Å². The van der Waals surface area contributed by atoms with Gasteiger partial charge in [0.05, 0.1) is 0 Å². The van der Waals surface area contributed by atoms with Crippen molar-refractivity contribution in [3.63, 3.8) is 0 Å². The third-order valence-electron chi connectivity index (χ3n) is 8.71. The summed E-state index contributed by atoms with van der Waals surface area (Å²) < 4.78 is 31.8. The van der Waals surface area contributed by atoms with E-state index in [1.54, 1.807) is 0 Å². The minimum absolute atomic E-state index is 0.132. The molecule has 0 aliphatic rings. The van der Waals surface area contributed by atoms with Gasteiger partial charge in [-0.05, 0) is 0 Å². The van der Waals surface area contributed by atoms with Gasteiger partial charge in [-0.2, -0.15) is 0 Å². The summed E-state index contributed by atoms with van der Waals surface area (Å²) in [4.78, 5) is 0. The van der Waals surface area contributed by atoms with Crippen LogP contribution in [0.15, 0.2) is 133 Å². The number of hydrogen-bond acceptors (Lipinski definition) is 5. The van der Waals surface area contributed by atoms with Gasteiger partial charge in [0, 0.05) is 0 Å².